The SMILES string of the molecule is Cn1cc(NC(=O)c2cc3ccccc3c3cccnc23)cn1. The third-order valence-corrected chi connectivity index (χ3v) is 3.82. The highest BCUT2D eigenvalue weighted by molar-refractivity contribution is 6.18. The maximum absolute atomic E-state index is 12.7. The number of nitrogens with one attached hydrogen (secondary N) is 1. The van der Waals surface area contributed by atoms with Crippen molar-refractivity contribution in [2.75, 3.05) is 5.32 Å². The van der Waals surface area contributed by atoms with Crippen LogP contribution in [0, 0.1) is 0 Å². The second-order valence-corrected chi connectivity index (χ2v) is 5.40. The molecule has 2 heterocycles. The molecule has 4 aromatic rings. The summed E-state index contributed by atoms with van der Waals surface area (Å²) in [5.41, 5.74) is 1.92. The number of pyridine rings is 1. The molecule has 0 aliphatic carbocycles. The van der Waals surface area contributed by atoms with Crippen molar-refractivity contribution < 1.29 is 4.79 Å². The predicted octanol–water partition coefficient (Wildman–Crippen LogP) is 3.37. The summed E-state index contributed by atoms with van der Waals surface area (Å²) in [6.45, 7) is 0. The second kappa shape index (κ2) is 5.21. The molecule has 0 atom stereocenters. The molecule has 1 N–H and O–H groups in total. The first-order valence-electron chi connectivity index (χ1n) is 7.29. The van der Waals surface area contributed by atoms with Crippen molar-refractivity contribution in [3.63, 3.8) is 0 Å². The third-order valence-electron chi connectivity index (χ3n) is 3.82. The fourth-order valence-corrected chi connectivity index (χ4v) is 2.79. The number of amides is 1. The van der Waals surface area contributed by atoms with Crippen molar-refractivity contribution in [2.24, 2.45) is 7.05 Å². The van der Waals surface area contributed by atoms with Crippen LogP contribution in [-0.4, -0.2) is 20.7 Å². The van der Waals surface area contributed by atoms with Crippen LogP contribution >= 0.6 is 0 Å². The van der Waals surface area contributed by atoms with E-state index in [2.05, 4.69) is 15.4 Å². The first kappa shape index (κ1) is 13.5. The first-order chi connectivity index (χ1) is 11.2. The summed E-state index contributed by atoms with van der Waals surface area (Å²) >= 11 is 0. The van der Waals surface area contributed by atoms with Crippen LogP contribution in [-0.2, 0) is 7.05 Å². The lowest BCUT2D eigenvalue weighted by atomic mass is 10.0. The molecule has 1 amide bonds. The molecule has 2 aromatic carbocycles. The number of carbonyl (C=O) groups is 1. The van der Waals surface area contributed by atoms with E-state index in [1.807, 2.05) is 49.5 Å². The van der Waals surface area contributed by atoms with Gasteiger partial charge in [-0.05, 0) is 22.9 Å². The Morgan fingerprint density at radius 1 is 1.13 bits per heavy atom. The Morgan fingerprint density at radius 2 is 1.96 bits per heavy atom. The van der Waals surface area contributed by atoms with Crippen molar-refractivity contribution in [2.45, 2.75) is 0 Å². The smallest absolute Gasteiger partial charge is 0.257 e. The number of aromatic nitrogens is 3. The van der Waals surface area contributed by atoms with Gasteiger partial charge < -0.3 is 5.32 Å². The van der Waals surface area contributed by atoms with E-state index in [-0.39, 0.29) is 5.91 Å². The molecule has 5 nitrogen and oxygen atoms in total. The van der Waals surface area contributed by atoms with Crippen LogP contribution in [0.2, 0.25) is 0 Å². The van der Waals surface area contributed by atoms with Crippen LogP contribution in [0.3, 0.4) is 0 Å². The zero-order chi connectivity index (χ0) is 15.8. The molecule has 0 bridgehead atoms. The number of benzene rings is 2. The number of carbonyl (C=O) groups excluding carboxylic acids is 1. The highest BCUT2D eigenvalue weighted by atomic mass is 16.1. The molecule has 0 saturated heterocycles. The number of hydrogen-bond donors (Lipinski definition) is 1. The fourth-order valence-electron chi connectivity index (χ4n) is 2.79. The number of aryl methyl sites for hydroxylation is 1. The normalized spacial score (nSPS) is 11.0. The van der Waals surface area contributed by atoms with Gasteiger partial charge in [0.1, 0.15) is 0 Å². The topological polar surface area (TPSA) is 59.8 Å². The Kier molecular flexibility index (Phi) is 3.05. The molecule has 0 radical (unpaired) electrons. The van der Waals surface area contributed by atoms with Crippen molar-refractivity contribution in [3.05, 3.63) is 66.6 Å². The summed E-state index contributed by atoms with van der Waals surface area (Å²) in [7, 11) is 1.81. The molecule has 0 aliphatic heterocycles. The van der Waals surface area contributed by atoms with Gasteiger partial charge >= 0.3 is 0 Å². The van der Waals surface area contributed by atoms with Gasteiger partial charge in [0.05, 0.1) is 23.0 Å². The fraction of sp³-hybridized carbons (Fsp3) is 0.0556. The van der Waals surface area contributed by atoms with E-state index < -0.39 is 0 Å². The van der Waals surface area contributed by atoms with Gasteiger partial charge in [0.15, 0.2) is 0 Å². The Hall–Kier alpha value is -3.21. The van der Waals surface area contributed by atoms with Crippen LogP contribution in [0.25, 0.3) is 21.7 Å². The van der Waals surface area contributed by atoms with Gasteiger partial charge in [-0.15, -0.1) is 0 Å². The van der Waals surface area contributed by atoms with Gasteiger partial charge in [0.2, 0.25) is 0 Å². The minimum atomic E-state index is -0.188. The molecule has 2 aromatic heterocycles. The highest BCUT2D eigenvalue weighted by Crippen LogP contribution is 2.27. The molecule has 0 unspecified atom stereocenters. The van der Waals surface area contributed by atoms with Crippen LogP contribution < -0.4 is 5.32 Å². The molecule has 0 fully saturated rings. The Labute approximate surface area is 132 Å². The van der Waals surface area contributed by atoms with Gasteiger partial charge in [-0.25, -0.2) is 0 Å². The van der Waals surface area contributed by atoms with Crippen molar-refractivity contribution >= 4 is 33.3 Å². The van der Waals surface area contributed by atoms with E-state index in [4.69, 9.17) is 0 Å². The molecule has 112 valence electrons. The van der Waals surface area contributed by atoms with Crippen LogP contribution in [0.15, 0.2) is 61.1 Å². The van der Waals surface area contributed by atoms with Crippen LogP contribution in [0.5, 0.6) is 0 Å². The molecule has 23 heavy (non-hydrogen) atoms. The van der Waals surface area contributed by atoms with E-state index in [9.17, 15) is 4.79 Å². The maximum Gasteiger partial charge on any atom is 0.257 e. The van der Waals surface area contributed by atoms with Crippen molar-refractivity contribution in [3.8, 4) is 0 Å². The average Bonchev–Trinajstić information content (AvgIpc) is 2.99. The summed E-state index contributed by atoms with van der Waals surface area (Å²) < 4.78 is 1.65. The largest absolute Gasteiger partial charge is 0.319 e. The molecular weight excluding hydrogens is 288 g/mol. The van der Waals surface area contributed by atoms with Gasteiger partial charge in [-0.3, -0.25) is 14.5 Å². The first-order valence-corrected chi connectivity index (χ1v) is 7.29. The van der Waals surface area contributed by atoms with Crippen molar-refractivity contribution in [1.82, 2.24) is 14.8 Å². The standard InChI is InChI=1S/C18H14N4O/c1-22-11-13(10-20-22)21-18(23)16-9-12-5-2-3-6-14(12)15-7-4-8-19-17(15)16/h2-11H,1H3,(H,21,23). The lowest BCUT2D eigenvalue weighted by molar-refractivity contribution is 0.102. The van der Waals surface area contributed by atoms with Gasteiger partial charge in [-0.1, -0.05) is 30.3 Å². The monoisotopic (exact) mass is 302 g/mol. The van der Waals surface area contributed by atoms with E-state index in [0.717, 1.165) is 16.2 Å². The van der Waals surface area contributed by atoms with Gasteiger partial charge in [-0.2, -0.15) is 5.10 Å². The number of hydrogen-bond acceptors (Lipinski definition) is 3. The lowest BCUT2D eigenvalue weighted by Crippen LogP contribution is -2.12. The van der Waals surface area contributed by atoms with Crippen LogP contribution in [0.1, 0.15) is 10.4 Å². The van der Waals surface area contributed by atoms with E-state index in [0.29, 0.717) is 16.8 Å². The Balaban J connectivity index is 1.89. The molecular formula is C18H14N4O. The number of fused-ring (bicyclic) bond motifs is 3. The minimum absolute atomic E-state index is 0.188. The summed E-state index contributed by atoms with van der Waals surface area (Å²) in [5.74, 6) is -0.188. The average molecular weight is 302 g/mol. The third kappa shape index (κ3) is 2.32. The van der Waals surface area contributed by atoms with E-state index in [1.165, 1.54) is 0 Å². The van der Waals surface area contributed by atoms with E-state index >= 15 is 0 Å². The second-order valence-electron chi connectivity index (χ2n) is 5.40. The molecule has 4 rings (SSSR count). The van der Waals surface area contributed by atoms with Gasteiger partial charge in [0, 0.05) is 24.8 Å². The number of nitrogens with zero attached hydrogens (tertiary/aromatic N) is 3. The molecule has 5 heteroatoms. The molecule has 0 saturated carbocycles. The zero-order valence-electron chi connectivity index (χ0n) is 12.5. The van der Waals surface area contributed by atoms with Crippen molar-refractivity contribution in [1.29, 1.82) is 0 Å². The molecule has 0 aliphatic rings. The minimum Gasteiger partial charge on any atom is -0.319 e. The summed E-state index contributed by atoms with van der Waals surface area (Å²) in [6, 6.07) is 13.8. The Morgan fingerprint density at radius 3 is 2.78 bits per heavy atom. The summed E-state index contributed by atoms with van der Waals surface area (Å²) in [6.07, 6.45) is 5.08. The quantitative estimate of drug-likeness (QED) is 0.577. The predicted molar refractivity (Wildman–Crippen MR) is 90.4 cm³/mol. The number of rotatable bonds is 2. The van der Waals surface area contributed by atoms with Crippen LogP contribution in [0.4, 0.5) is 5.69 Å². The highest BCUT2D eigenvalue weighted by Gasteiger charge is 2.14. The zero-order valence-corrected chi connectivity index (χ0v) is 12.5. The lowest BCUT2D eigenvalue weighted by Gasteiger charge is -2.09. The Bertz CT molecular complexity index is 1040. The maximum atomic E-state index is 12.7. The van der Waals surface area contributed by atoms with E-state index in [1.54, 1.807) is 23.3 Å². The number of anilines is 1. The molecule has 0 spiro atoms. The summed E-state index contributed by atoms with van der Waals surface area (Å²) in [5, 5.41) is 10.0. The van der Waals surface area contributed by atoms with Gasteiger partial charge in [0.25, 0.3) is 5.91 Å². The summed E-state index contributed by atoms with van der Waals surface area (Å²) in [4.78, 5) is 17.1.